The van der Waals surface area contributed by atoms with Gasteiger partial charge < -0.3 is 130 Å². The summed E-state index contributed by atoms with van der Waals surface area (Å²) in [5.74, 6) is 1.23. The fraction of sp³-hybridized carbons (Fsp3) is 0.581. The smallest absolute Gasteiger partial charge is 0.250 e. The van der Waals surface area contributed by atoms with Crippen LogP contribution in [0.15, 0.2) is 148 Å². The van der Waals surface area contributed by atoms with Gasteiger partial charge in [0.15, 0.2) is 24.9 Å². The maximum absolute atomic E-state index is 11.3. The lowest BCUT2D eigenvalue weighted by molar-refractivity contribution is -0.182. The fourth-order valence-corrected chi connectivity index (χ4v) is 24.0. The van der Waals surface area contributed by atoms with Gasteiger partial charge in [0.25, 0.3) is 35.4 Å². The minimum absolute atomic E-state index is 0.0877. The number of ether oxygens (including phenoxy) is 7. The Morgan fingerprint density at radius 3 is 0.992 bits per heavy atom. The maximum Gasteiger partial charge on any atom is 0.250 e. The number of hydrogen-bond acceptors (Lipinski definition) is 26. The van der Waals surface area contributed by atoms with E-state index in [0.717, 1.165) is 69.1 Å². The summed E-state index contributed by atoms with van der Waals surface area (Å²) in [4.78, 5) is 77.6. The van der Waals surface area contributed by atoms with Gasteiger partial charge in [-0.05, 0) is 162 Å². The normalized spacial score (nSPS) is 34.6. The summed E-state index contributed by atoms with van der Waals surface area (Å²) in [6.45, 7) is 43.9. The van der Waals surface area contributed by atoms with Crippen molar-refractivity contribution < 1.29 is 97.7 Å². The first-order chi connectivity index (χ1) is 59.0. The molecule has 0 aromatic heterocycles. The summed E-state index contributed by atoms with van der Waals surface area (Å²) in [6.07, 6.45) is 43.9. The first kappa shape index (κ1) is 109. The summed E-state index contributed by atoms with van der Waals surface area (Å²) >= 11 is 14.2. The third kappa shape index (κ3) is 30.0. The van der Waals surface area contributed by atoms with E-state index in [1.54, 1.807) is 62.4 Å². The standard InChI is InChI=1S/C15H23N2O4P.C15H25N2O4P.C14H22BrN2O3P.C14H22ClN2O3P.2C14H22IN2O3P/c1-10-16-11(18)5-7-17(10)14-12-13(19)15(21-14,9-20-12)6-8-22(2,3)4;1-10-16-11(18)6-8-17(10)14-12(19)13(20)15(2,21-14)7-9-22(3,4)5;4*1-9-16-11(18)5-7-17(9)14-12(15)13(19)10(20-14)6-8-21(2,3)4/h5,7,12-14,19H,1-2,6,8-9H2,3-4H3,(H,16,18);6,8,12-14,19-20H,1,3,7,9H2,2,4-5H3,(H,16,18);4*5,7,10,12-14,19H,1-2,6,8H2,3-4H3,(H,16,18)/t12-,13+,14-,15+;12-,13+,14-,15-;4*10-,12-,13-,14-/m111111/s1. The molecule has 13 rings (SSSR count). The predicted molar refractivity (Wildman–Crippen MR) is 547 cm³/mol. The second-order valence-corrected chi connectivity index (χ2v) is 68.5. The third-order valence-electron chi connectivity index (χ3n) is 22.7. The number of hydrogen-bond donors (Lipinski definition) is 13. The van der Waals surface area contributed by atoms with Crippen LogP contribution in [0, 0.1) is 0 Å². The lowest BCUT2D eigenvalue weighted by atomic mass is 9.94. The molecule has 0 unspecified atom stereocenters. The number of rotatable bonds is 24. The molecule has 13 heterocycles. The summed E-state index contributed by atoms with van der Waals surface area (Å²) in [5.41, 5.74) is -1.53. The number of carbonyl (C=O) groups excluding carboxylic acids is 6. The number of amides is 6. The summed E-state index contributed by atoms with van der Waals surface area (Å²) in [6, 6.07) is 0. The molecule has 0 radical (unpaired) electrons. The van der Waals surface area contributed by atoms with Crippen LogP contribution >= 0.6 is 114 Å². The van der Waals surface area contributed by atoms with Crippen molar-refractivity contribution in [3.8, 4) is 0 Å². The predicted octanol–water partition coefficient (Wildman–Crippen LogP) is 6.03. The number of nitrogens with one attached hydrogen (secondary N) is 6. The van der Waals surface area contributed by atoms with E-state index in [9.17, 15) is 64.5 Å². The van der Waals surface area contributed by atoms with Gasteiger partial charge in [-0.3, -0.25) is 28.8 Å². The molecule has 13 aliphatic heterocycles. The van der Waals surface area contributed by atoms with Crippen molar-refractivity contribution in [3.63, 3.8) is 0 Å². The van der Waals surface area contributed by atoms with Crippen molar-refractivity contribution in [1.29, 1.82) is 0 Å². The van der Waals surface area contributed by atoms with Crippen molar-refractivity contribution >= 4 is 187 Å². The molecular weight excluding hydrogens is 2080 g/mol. The van der Waals surface area contributed by atoms with Crippen LogP contribution in [0.2, 0.25) is 0 Å². The van der Waals surface area contributed by atoms with E-state index < -0.39 is 125 Å². The van der Waals surface area contributed by atoms with Crippen LogP contribution in [0.5, 0.6) is 0 Å². The van der Waals surface area contributed by atoms with Crippen LogP contribution in [0.1, 0.15) is 45.4 Å². The monoisotopic (exact) mass is 2210 g/mol. The Kier molecular flexibility index (Phi) is 38.3. The van der Waals surface area contributed by atoms with Gasteiger partial charge in [0.2, 0.25) is 0 Å². The molecule has 7 fully saturated rings. The Balaban J connectivity index is 0.000000190. The summed E-state index contributed by atoms with van der Waals surface area (Å²) < 4.78 is 41.7. The highest BCUT2D eigenvalue weighted by molar-refractivity contribution is 14.1. The molecule has 32 nitrogen and oxygen atoms in total. The highest BCUT2D eigenvalue weighted by atomic mass is 127. The second kappa shape index (κ2) is 44.8. The Morgan fingerprint density at radius 1 is 0.391 bits per heavy atom. The number of carbonyl (C=O) groups is 6. The molecule has 2 bridgehead atoms. The first-order valence-corrected chi connectivity index (χ1v) is 63.9. The number of nitrogens with zero attached hydrogens (tertiary/aromatic N) is 6. The molecule has 0 aromatic rings. The van der Waals surface area contributed by atoms with Gasteiger partial charge in [0, 0.05) is 73.7 Å². The summed E-state index contributed by atoms with van der Waals surface area (Å²) in [5, 5.41) is 87.8. The average molecular weight is 2210 g/mol. The zero-order chi connectivity index (χ0) is 96.0. The van der Waals surface area contributed by atoms with E-state index >= 15 is 0 Å². The van der Waals surface area contributed by atoms with Crippen LogP contribution in [0.3, 0.4) is 0 Å². The zero-order valence-electron chi connectivity index (χ0n) is 75.6. The highest BCUT2D eigenvalue weighted by Crippen LogP contribution is 2.50. The third-order valence-corrected chi connectivity index (χ3v) is 35.6. The molecule has 0 spiro atoms. The largest absolute Gasteiger partial charge is 0.389 e. The first-order valence-electron chi connectivity index (χ1n) is 41.8. The second-order valence-electron chi connectivity index (χ2n) is 38.1. The van der Waals surface area contributed by atoms with Gasteiger partial charge in [-0.1, -0.05) is 101 Å². The quantitative estimate of drug-likeness (QED) is 0.0298. The molecule has 42 heteroatoms. The molecule has 128 heavy (non-hydrogen) atoms. The molecule has 6 amide bonds. The molecule has 718 valence electrons. The molecule has 24 atom stereocenters. The molecule has 13 aliphatic rings. The van der Waals surface area contributed by atoms with Crippen LogP contribution in [0.4, 0.5) is 0 Å². The van der Waals surface area contributed by atoms with Crippen molar-refractivity contribution in [2.75, 3.05) is 124 Å². The van der Waals surface area contributed by atoms with Crippen molar-refractivity contribution in [2.45, 2.75) is 185 Å². The minimum Gasteiger partial charge on any atom is -0.389 e. The summed E-state index contributed by atoms with van der Waals surface area (Å²) in [7, 11) is 0. The number of aliphatic hydroxyl groups is 7. The average Bonchev–Trinajstić information content (AvgIpc) is 1.56. The van der Waals surface area contributed by atoms with Gasteiger partial charge in [-0.25, -0.2) is 0 Å². The van der Waals surface area contributed by atoms with E-state index in [-0.39, 0.29) is 91.2 Å². The Labute approximate surface area is 796 Å². The number of halogens is 4. The van der Waals surface area contributed by atoms with Crippen molar-refractivity contribution in [3.05, 3.63) is 148 Å². The van der Waals surface area contributed by atoms with Crippen LogP contribution in [0.25, 0.3) is 0 Å². The van der Waals surface area contributed by atoms with Gasteiger partial charge in [0.1, 0.15) is 88.9 Å². The van der Waals surface area contributed by atoms with Gasteiger partial charge >= 0.3 is 0 Å². The Bertz CT molecular complexity index is 4270. The molecule has 0 aliphatic carbocycles. The van der Waals surface area contributed by atoms with Gasteiger partial charge in [-0.2, -0.15) is 0 Å². The van der Waals surface area contributed by atoms with Gasteiger partial charge in [0.05, 0.1) is 67.6 Å². The fourth-order valence-electron chi connectivity index (χ4n) is 15.2. The maximum atomic E-state index is 11.3. The molecule has 13 N–H and O–H groups in total. The lowest BCUT2D eigenvalue weighted by Crippen LogP contribution is -2.49. The van der Waals surface area contributed by atoms with Crippen molar-refractivity contribution in [1.82, 2.24) is 61.3 Å². The topological polar surface area (TPSA) is 400 Å². The van der Waals surface area contributed by atoms with E-state index in [4.69, 9.17) is 44.8 Å². The highest BCUT2D eigenvalue weighted by Gasteiger charge is 2.63. The Hall–Kier alpha value is -4.03. The van der Waals surface area contributed by atoms with Crippen LogP contribution in [-0.4, -0.2) is 402 Å². The van der Waals surface area contributed by atoms with E-state index in [1.807, 2.05) is 0 Å². The van der Waals surface area contributed by atoms with E-state index in [0.29, 0.717) is 48.0 Å². The lowest BCUT2D eigenvalue weighted by Gasteiger charge is -2.38. The van der Waals surface area contributed by atoms with E-state index in [2.05, 4.69) is 250 Å². The SMILES string of the molecule is C=C1NC(=O)C=CN1[C@@H]1O[C@@]2(CCP(=C)(C)C)CO[C@@H]1[C@@H]2O.C=C1NC(=O)C=CN1[C@@H]1O[C@H](CCP(=C)(C)C)[C@@H](O)[C@H]1Br.C=C1NC(=O)C=CN1[C@@H]1O[C@H](CCP(=C)(C)C)[C@@H](O)[C@H]1Cl.C=C1NC(=O)C=CN1[C@@H]1O[C@H](CCP(=C)(C)C)[C@@H](O)[C@H]1I.C=C1NC(=O)C=CN1[C@@H]1O[C@H](CCP(=C)(C)C)[C@@H](O)[C@H]1I.C=C1NC(=O)C=CN1[C@@H]1O[C@](C)(CCP(=C)(C)C)[C@@H](O)[C@H]1O. The Morgan fingerprint density at radius 2 is 0.664 bits per heavy atom. The van der Waals surface area contributed by atoms with Crippen LogP contribution < -0.4 is 31.9 Å². The molecule has 0 saturated carbocycles. The molecule has 0 aromatic carbocycles. The van der Waals surface area contributed by atoms with Crippen molar-refractivity contribution in [2.24, 2.45) is 0 Å². The number of alkyl halides is 4. The number of fused-ring (bicyclic) bond motifs is 2. The number of aliphatic hydroxyl groups excluding tert-OH is 7. The zero-order valence-corrected chi connectivity index (χ0v) is 87.6. The molecular formula is C86H136BrClI2N12O20P6. The van der Waals surface area contributed by atoms with Crippen LogP contribution in [-0.2, 0) is 61.9 Å². The van der Waals surface area contributed by atoms with E-state index in [1.165, 1.54) is 47.6 Å². The van der Waals surface area contributed by atoms with Gasteiger partial charge in [-0.15, -0.1) is 90.7 Å². The molecule has 7 saturated heterocycles. The minimum atomic E-state index is -1.25.